The van der Waals surface area contributed by atoms with E-state index in [4.69, 9.17) is 4.74 Å². The second-order valence-corrected chi connectivity index (χ2v) is 7.30. The van der Waals surface area contributed by atoms with Gasteiger partial charge in [0.05, 0.1) is 12.8 Å². The number of methoxy groups -OCH3 is 1. The Labute approximate surface area is 183 Å². The van der Waals surface area contributed by atoms with Crippen molar-refractivity contribution in [3.63, 3.8) is 0 Å². The van der Waals surface area contributed by atoms with Crippen molar-refractivity contribution in [2.45, 2.75) is 6.36 Å². The minimum atomic E-state index is -4.87. The summed E-state index contributed by atoms with van der Waals surface area (Å²) in [6.07, 6.45) is 7.38. The van der Waals surface area contributed by atoms with Crippen molar-refractivity contribution in [2.24, 2.45) is 0 Å². The quantitative estimate of drug-likeness (QED) is 0.768. The highest BCUT2D eigenvalue weighted by atomic mass is 19.4. The number of nitrogens with one attached hydrogen (secondary N) is 1. The van der Waals surface area contributed by atoms with Crippen LogP contribution in [0.15, 0.2) is 72.2 Å². The number of ether oxygens (including phenoxy) is 2. The Morgan fingerprint density at radius 2 is 1.78 bits per heavy atom. The number of fused-ring (bicyclic) bond motifs is 1. The lowest BCUT2D eigenvalue weighted by Gasteiger charge is -2.33. The van der Waals surface area contributed by atoms with Crippen LogP contribution in [0.5, 0.6) is 11.5 Å². The number of carbonyl (C=O) groups excluding carboxylic acids is 1. The molecule has 4 rings (SSSR count). The van der Waals surface area contributed by atoms with E-state index in [-0.39, 0.29) is 11.7 Å². The van der Waals surface area contributed by atoms with E-state index < -0.39 is 12.1 Å². The van der Waals surface area contributed by atoms with E-state index in [1.165, 1.54) is 30.2 Å². The number of piperazine rings is 1. The van der Waals surface area contributed by atoms with Gasteiger partial charge in [0.2, 0.25) is 0 Å². The SMILES string of the molecule is COc1ccc(C2=CC(=O)N3C=C(N4CCNCC4)C=C/C3=C\C=C2)cc1OC(F)(F)F. The molecule has 3 aliphatic rings. The van der Waals surface area contributed by atoms with Crippen molar-refractivity contribution in [2.75, 3.05) is 33.3 Å². The van der Waals surface area contributed by atoms with Gasteiger partial charge in [-0.3, -0.25) is 9.69 Å². The smallest absolute Gasteiger partial charge is 0.493 e. The molecule has 0 aromatic heterocycles. The lowest BCUT2D eigenvalue weighted by molar-refractivity contribution is -0.275. The number of hydrogen-bond donors (Lipinski definition) is 1. The lowest BCUT2D eigenvalue weighted by atomic mass is 10.0. The van der Waals surface area contributed by atoms with Crippen LogP contribution in [-0.2, 0) is 4.79 Å². The molecule has 6 nitrogen and oxygen atoms in total. The van der Waals surface area contributed by atoms with E-state index >= 15 is 0 Å². The summed E-state index contributed by atoms with van der Waals surface area (Å²) in [5.41, 5.74) is 2.48. The second kappa shape index (κ2) is 8.96. The molecule has 1 saturated heterocycles. The fourth-order valence-electron chi connectivity index (χ4n) is 3.68. The molecule has 0 aliphatic carbocycles. The minimum absolute atomic E-state index is 0.0558. The Balaban J connectivity index is 1.65. The highest BCUT2D eigenvalue weighted by Crippen LogP contribution is 2.35. The Morgan fingerprint density at radius 1 is 1.03 bits per heavy atom. The largest absolute Gasteiger partial charge is 0.573 e. The van der Waals surface area contributed by atoms with Crippen molar-refractivity contribution in [1.29, 1.82) is 0 Å². The van der Waals surface area contributed by atoms with E-state index in [9.17, 15) is 18.0 Å². The first kappa shape index (κ1) is 21.8. The van der Waals surface area contributed by atoms with Crippen LogP contribution in [0.2, 0.25) is 0 Å². The van der Waals surface area contributed by atoms with Crippen LogP contribution in [-0.4, -0.2) is 55.4 Å². The van der Waals surface area contributed by atoms with Gasteiger partial charge >= 0.3 is 6.36 Å². The van der Waals surface area contributed by atoms with Gasteiger partial charge in [-0.05, 0) is 41.5 Å². The molecule has 0 bridgehead atoms. The zero-order valence-corrected chi connectivity index (χ0v) is 17.4. The van der Waals surface area contributed by atoms with Crippen LogP contribution in [0, 0.1) is 0 Å². The number of carbonyl (C=O) groups is 1. The monoisotopic (exact) mass is 445 g/mol. The van der Waals surface area contributed by atoms with Crippen LogP contribution in [0.4, 0.5) is 13.2 Å². The molecule has 1 fully saturated rings. The van der Waals surface area contributed by atoms with Gasteiger partial charge in [-0.25, -0.2) is 0 Å². The number of halogens is 3. The van der Waals surface area contributed by atoms with Gasteiger partial charge in [-0.15, -0.1) is 13.2 Å². The molecule has 0 spiro atoms. The zero-order valence-electron chi connectivity index (χ0n) is 17.4. The van der Waals surface area contributed by atoms with Gasteiger partial charge in [0.15, 0.2) is 11.5 Å². The Kier molecular flexibility index (Phi) is 6.09. The van der Waals surface area contributed by atoms with E-state index in [0.717, 1.165) is 31.9 Å². The van der Waals surface area contributed by atoms with Crippen molar-refractivity contribution >= 4 is 11.5 Å². The molecule has 1 aromatic rings. The Bertz CT molecular complexity index is 1050. The third-order valence-corrected chi connectivity index (χ3v) is 5.23. The first-order chi connectivity index (χ1) is 15.3. The Morgan fingerprint density at radius 3 is 2.50 bits per heavy atom. The van der Waals surface area contributed by atoms with Crippen molar-refractivity contribution < 1.29 is 27.4 Å². The fourth-order valence-corrected chi connectivity index (χ4v) is 3.68. The average molecular weight is 445 g/mol. The molecular formula is C23H22F3N3O3. The highest BCUT2D eigenvalue weighted by Gasteiger charge is 2.32. The Hall–Kier alpha value is -3.46. The molecule has 168 valence electrons. The number of rotatable bonds is 4. The van der Waals surface area contributed by atoms with Gasteiger partial charge in [-0.1, -0.05) is 18.2 Å². The van der Waals surface area contributed by atoms with Crippen LogP contribution in [0.3, 0.4) is 0 Å². The molecule has 3 heterocycles. The second-order valence-electron chi connectivity index (χ2n) is 7.30. The maximum atomic E-state index is 13.1. The summed E-state index contributed by atoms with van der Waals surface area (Å²) in [5.74, 6) is -0.833. The molecule has 1 amide bonds. The normalized spacial score (nSPS) is 20.5. The van der Waals surface area contributed by atoms with E-state index in [1.807, 2.05) is 12.2 Å². The standard InChI is InChI=1S/C23H22F3N3O3/c1-31-20-8-5-17(13-21(20)32-23(24,25)26)16-3-2-4-18-6-7-19(15-29(18)22(30)14-16)28-11-9-27-10-12-28/h2-8,13-15,27H,9-12H2,1H3/b3-2?,16-14?,18-4+. The van der Waals surface area contributed by atoms with Crippen LogP contribution < -0.4 is 14.8 Å². The van der Waals surface area contributed by atoms with Gasteiger partial charge in [0, 0.05) is 44.2 Å². The predicted molar refractivity (Wildman–Crippen MR) is 113 cm³/mol. The summed E-state index contributed by atoms with van der Waals surface area (Å²) in [5, 5.41) is 3.29. The maximum absolute atomic E-state index is 13.1. The molecule has 32 heavy (non-hydrogen) atoms. The van der Waals surface area contributed by atoms with Gasteiger partial charge < -0.3 is 19.7 Å². The summed E-state index contributed by atoms with van der Waals surface area (Å²) in [7, 11) is 1.26. The third-order valence-electron chi connectivity index (χ3n) is 5.23. The summed E-state index contributed by atoms with van der Waals surface area (Å²) >= 11 is 0. The number of amides is 1. The summed E-state index contributed by atoms with van der Waals surface area (Å²) in [6.45, 7) is 3.42. The van der Waals surface area contributed by atoms with Crippen LogP contribution in [0.25, 0.3) is 5.57 Å². The fraction of sp³-hybridized carbons (Fsp3) is 0.261. The predicted octanol–water partition coefficient (Wildman–Crippen LogP) is 3.58. The van der Waals surface area contributed by atoms with E-state index in [2.05, 4.69) is 15.0 Å². The van der Waals surface area contributed by atoms with Gasteiger partial charge in [0.1, 0.15) is 0 Å². The summed E-state index contributed by atoms with van der Waals surface area (Å²) < 4.78 is 47.4. The zero-order chi connectivity index (χ0) is 22.7. The molecule has 1 N–H and O–H groups in total. The topological polar surface area (TPSA) is 54.0 Å². The molecule has 9 heteroatoms. The van der Waals surface area contributed by atoms with Crippen molar-refractivity contribution in [3.05, 3.63) is 77.8 Å². The van der Waals surface area contributed by atoms with Gasteiger partial charge in [-0.2, -0.15) is 0 Å². The summed E-state index contributed by atoms with van der Waals surface area (Å²) in [6, 6.07) is 4.16. The minimum Gasteiger partial charge on any atom is -0.493 e. The molecule has 0 saturated carbocycles. The maximum Gasteiger partial charge on any atom is 0.573 e. The molecule has 1 aromatic carbocycles. The van der Waals surface area contributed by atoms with Crippen LogP contribution in [0.1, 0.15) is 5.56 Å². The number of alkyl halides is 3. The number of hydrogen-bond acceptors (Lipinski definition) is 5. The van der Waals surface area contributed by atoms with Gasteiger partial charge in [0.25, 0.3) is 5.91 Å². The third kappa shape index (κ3) is 4.88. The molecule has 0 radical (unpaired) electrons. The number of nitrogens with zero attached hydrogens (tertiary/aromatic N) is 2. The average Bonchev–Trinajstić information content (AvgIpc) is 2.76. The number of benzene rings is 1. The first-order valence-electron chi connectivity index (χ1n) is 10.1. The van der Waals surface area contributed by atoms with Crippen molar-refractivity contribution in [3.8, 4) is 11.5 Å². The molecule has 3 aliphatic heterocycles. The lowest BCUT2D eigenvalue weighted by Crippen LogP contribution is -2.43. The van der Waals surface area contributed by atoms with E-state index in [0.29, 0.717) is 16.8 Å². The van der Waals surface area contributed by atoms with E-state index in [1.54, 1.807) is 30.5 Å². The van der Waals surface area contributed by atoms with Crippen LogP contribution >= 0.6 is 0 Å². The molecule has 0 unspecified atom stereocenters. The number of allylic oxidation sites excluding steroid dienone is 6. The molecular weight excluding hydrogens is 423 g/mol. The first-order valence-corrected chi connectivity index (χ1v) is 10.1. The van der Waals surface area contributed by atoms with Crippen molar-refractivity contribution in [1.82, 2.24) is 15.1 Å². The summed E-state index contributed by atoms with van der Waals surface area (Å²) in [4.78, 5) is 16.8. The molecule has 0 atom stereocenters. The highest BCUT2D eigenvalue weighted by molar-refractivity contribution is 6.00.